The standard InChI is InChI=1S/C15H9Cl2N3OS/c16-10-3-4-11(17)12(6-10)19-14(21)13-8-22-15(20-13)9-2-1-5-18-7-9/h1-8H,(H,19,21). The highest BCUT2D eigenvalue weighted by Gasteiger charge is 2.13. The number of hydrogen-bond acceptors (Lipinski definition) is 4. The molecule has 22 heavy (non-hydrogen) atoms. The number of amides is 1. The molecule has 0 aliphatic rings. The molecule has 2 heterocycles. The van der Waals surface area contributed by atoms with Crippen LogP contribution in [0, 0.1) is 0 Å². The van der Waals surface area contributed by atoms with Crippen molar-refractivity contribution in [1.82, 2.24) is 9.97 Å². The van der Waals surface area contributed by atoms with E-state index in [1.165, 1.54) is 11.3 Å². The lowest BCUT2D eigenvalue weighted by Crippen LogP contribution is -2.12. The number of thiazole rings is 1. The summed E-state index contributed by atoms with van der Waals surface area (Å²) in [6.45, 7) is 0. The summed E-state index contributed by atoms with van der Waals surface area (Å²) in [5, 5.41) is 6.04. The molecule has 7 heteroatoms. The molecular weight excluding hydrogens is 341 g/mol. The zero-order valence-electron chi connectivity index (χ0n) is 11.1. The molecule has 0 saturated heterocycles. The Balaban J connectivity index is 1.81. The van der Waals surface area contributed by atoms with E-state index in [1.807, 2.05) is 12.1 Å². The first-order valence-corrected chi connectivity index (χ1v) is 7.89. The zero-order valence-corrected chi connectivity index (χ0v) is 13.4. The molecule has 0 bridgehead atoms. The van der Waals surface area contributed by atoms with Crippen molar-refractivity contribution in [3.63, 3.8) is 0 Å². The van der Waals surface area contributed by atoms with Crippen LogP contribution in [0.3, 0.4) is 0 Å². The Kier molecular flexibility index (Phi) is 4.38. The van der Waals surface area contributed by atoms with Crippen LogP contribution in [-0.2, 0) is 0 Å². The number of rotatable bonds is 3. The summed E-state index contributed by atoms with van der Waals surface area (Å²) in [5.41, 5.74) is 1.64. The van der Waals surface area contributed by atoms with Gasteiger partial charge in [0.2, 0.25) is 0 Å². The van der Waals surface area contributed by atoms with Crippen LogP contribution >= 0.6 is 34.5 Å². The molecule has 0 aliphatic heterocycles. The summed E-state index contributed by atoms with van der Waals surface area (Å²) in [5.74, 6) is -0.337. The van der Waals surface area contributed by atoms with Gasteiger partial charge in [-0.15, -0.1) is 11.3 Å². The van der Waals surface area contributed by atoms with Crippen molar-refractivity contribution in [3.8, 4) is 10.6 Å². The number of anilines is 1. The predicted molar refractivity (Wildman–Crippen MR) is 89.8 cm³/mol. The van der Waals surface area contributed by atoms with Gasteiger partial charge in [0.1, 0.15) is 10.7 Å². The zero-order chi connectivity index (χ0) is 15.5. The van der Waals surface area contributed by atoms with Crippen molar-refractivity contribution in [1.29, 1.82) is 0 Å². The molecule has 3 rings (SSSR count). The Morgan fingerprint density at radius 2 is 2.09 bits per heavy atom. The minimum Gasteiger partial charge on any atom is -0.319 e. The van der Waals surface area contributed by atoms with Gasteiger partial charge in [0.25, 0.3) is 5.91 Å². The molecule has 0 aliphatic carbocycles. The van der Waals surface area contributed by atoms with Crippen LogP contribution in [0.1, 0.15) is 10.5 Å². The van der Waals surface area contributed by atoms with E-state index < -0.39 is 0 Å². The molecule has 1 amide bonds. The topological polar surface area (TPSA) is 54.9 Å². The molecule has 3 aromatic rings. The molecule has 0 unspecified atom stereocenters. The molecule has 2 aromatic heterocycles. The Hall–Kier alpha value is -1.95. The van der Waals surface area contributed by atoms with Gasteiger partial charge < -0.3 is 5.32 Å². The first-order valence-electron chi connectivity index (χ1n) is 6.26. The number of aromatic nitrogens is 2. The summed E-state index contributed by atoms with van der Waals surface area (Å²) < 4.78 is 0. The summed E-state index contributed by atoms with van der Waals surface area (Å²) in [7, 11) is 0. The summed E-state index contributed by atoms with van der Waals surface area (Å²) in [6.07, 6.45) is 3.39. The fourth-order valence-corrected chi connectivity index (χ4v) is 2.91. The molecule has 110 valence electrons. The van der Waals surface area contributed by atoms with Gasteiger partial charge in [0, 0.05) is 28.4 Å². The normalized spacial score (nSPS) is 10.5. The number of nitrogens with one attached hydrogen (secondary N) is 1. The van der Waals surface area contributed by atoms with Crippen LogP contribution in [0.5, 0.6) is 0 Å². The Morgan fingerprint density at radius 3 is 2.86 bits per heavy atom. The van der Waals surface area contributed by atoms with Gasteiger partial charge in [-0.2, -0.15) is 0 Å². The first kappa shape index (κ1) is 15.0. The lowest BCUT2D eigenvalue weighted by Gasteiger charge is -2.05. The van der Waals surface area contributed by atoms with Gasteiger partial charge in [0.05, 0.1) is 10.7 Å². The van der Waals surface area contributed by atoms with E-state index in [0.29, 0.717) is 21.4 Å². The van der Waals surface area contributed by atoms with E-state index in [0.717, 1.165) is 10.6 Å². The number of carbonyl (C=O) groups is 1. The minimum atomic E-state index is -0.337. The van der Waals surface area contributed by atoms with E-state index in [1.54, 1.807) is 36.0 Å². The molecule has 0 atom stereocenters. The van der Waals surface area contributed by atoms with Crippen LogP contribution in [0.15, 0.2) is 48.1 Å². The smallest absolute Gasteiger partial charge is 0.275 e. The predicted octanol–water partition coefficient (Wildman–Crippen LogP) is 4.76. The van der Waals surface area contributed by atoms with Gasteiger partial charge in [-0.25, -0.2) is 4.98 Å². The van der Waals surface area contributed by atoms with Gasteiger partial charge in [0.15, 0.2) is 0 Å². The summed E-state index contributed by atoms with van der Waals surface area (Å²) in [4.78, 5) is 20.6. The lowest BCUT2D eigenvalue weighted by molar-refractivity contribution is 0.102. The molecule has 1 N–H and O–H groups in total. The average molecular weight is 350 g/mol. The highest BCUT2D eigenvalue weighted by molar-refractivity contribution is 7.13. The summed E-state index contributed by atoms with van der Waals surface area (Å²) >= 11 is 13.3. The monoisotopic (exact) mass is 349 g/mol. The maximum atomic E-state index is 12.2. The number of carbonyl (C=O) groups excluding carboxylic acids is 1. The van der Waals surface area contributed by atoms with Crippen molar-refractivity contribution in [2.24, 2.45) is 0 Å². The third kappa shape index (κ3) is 3.27. The Morgan fingerprint density at radius 1 is 1.23 bits per heavy atom. The Labute approximate surface area is 140 Å². The number of hydrogen-bond donors (Lipinski definition) is 1. The lowest BCUT2D eigenvalue weighted by atomic mass is 10.3. The van der Waals surface area contributed by atoms with Crippen molar-refractivity contribution >= 4 is 46.1 Å². The maximum Gasteiger partial charge on any atom is 0.275 e. The Bertz CT molecular complexity index is 821. The average Bonchev–Trinajstić information content (AvgIpc) is 3.02. The van der Waals surface area contributed by atoms with Gasteiger partial charge in [-0.05, 0) is 30.3 Å². The third-order valence-corrected chi connectivity index (χ3v) is 4.28. The number of halogens is 2. The molecule has 0 saturated carbocycles. The van der Waals surface area contributed by atoms with E-state index in [4.69, 9.17) is 23.2 Å². The molecule has 4 nitrogen and oxygen atoms in total. The van der Waals surface area contributed by atoms with Crippen molar-refractivity contribution in [2.45, 2.75) is 0 Å². The second-order valence-electron chi connectivity index (χ2n) is 4.36. The van der Waals surface area contributed by atoms with Gasteiger partial charge >= 0.3 is 0 Å². The first-order chi connectivity index (χ1) is 10.6. The van der Waals surface area contributed by atoms with Crippen LogP contribution < -0.4 is 5.32 Å². The van der Waals surface area contributed by atoms with Crippen molar-refractivity contribution in [3.05, 3.63) is 63.8 Å². The molecule has 0 spiro atoms. The van der Waals surface area contributed by atoms with Crippen LogP contribution in [0.25, 0.3) is 10.6 Å². The molecule has 1 aromatic carbocycles. The van der Waals surface area contributed by atoms with Crippen LogP contribution in [0.2, 0.25) is 10.0 Å². The van der Waals surface area contributed by atoms with Gasteiger partial charge in [-0.3, -0.25) is 9.78 Å². The number of pyridine rings is 1. The summed E-state index contributed by atoms with van der Waals surface area (Å²) in [6, 6.07) is 8.59. The molecule has 0 radical (unpaired) electrons. The van der Waals surface area contributed by atoms with Crippen molar-refractivity contribution < 1.29 is 4.79 Å². The third-order valence-electron chi connectivity index (χ3n) is 2.82. The fraction of sp³-hybridized carbons (Fsp3) is 0. The highest BCUT2D eigenvalue weighted by Crippen LogP contribution is 2.27. The largest absolute Gasteiger partial charge is 0.319 e. The second kappa shape index (κ2) is 6.44. The van der Waals surface area contributed by atoms with E-state index >= 15 is 0 Å². The molecule has 0 fully saturated rings. The fourth-order valence-electron chi connectivity index (χ4n) is 1.78. The second-order valence-corrected chi connectivity index (χ2v) is 6.06. The van der Waals surface area contributed by atoms with E-state index in [9.17, 15) is 4.79 Å². The van der Waals surface area contributed by atoms with Crippen LogP contribution in [-0.4, -0.2) is 15.9 Å². The number of nitrogens with zero attached hydrogens (tertiary/aromatic N) is 2. The van der Waals surface area contributed by atoms with Crippen molar-refractivity contribution in [2.75, 3.05) is 5.32 Å². The molecular formula is C15H9Cl2N3OS. The SMILES string of the molecule is O=C(Nc1cc(Cl)ccc1Cl)c1csc(-c2cccnc2)n1. The van der Waals surface area contributed by atoms with E-state index in [-0.39, 0.29) is 5.91 Å². The quantitative estimate of drug-likeness (QED) is 0.741. The minimum absolute atomic E-state index is 0.319. The van der Waals surface area contributed by atoms with Crippen LogP contribution in [0.4, 0.5) is 5.69 Å². The van der Waals surface area contributed by atoms with Gasteiger partial charge in [-0.1, -0.05) is 23.2 Å². The van der Waals surface area contributed by atoms with E-state index in [2.05, 4.69) is 15.3 Å². The highest BCUT2D eigenvalue weighted by atomic mass is 35.5. The number of benzene rings is 1. The maximum absolute atomic E-state index is 12.2.